The molecule has 14 heteroatoms. The Hall–Kier alpha value is -1.93. The van der Waals surface area contributed by atoms with Gasteiger partial charge < -0.3 is 4.74 Å². The van der Waals surface area contributed by atoms with Crippen molar-refractivity contribution in [3.05, 3.63) is 64.4 Å². The number of aryl methyl sites for hydroxylation is 1. The molecule has 0 unspecified atom stereocenters. The van der Waals surface area contributed by atoms with E-state index in [4.69, 9.17) is 27.9 Å². The van der Waals surface area contributed by atoms with Gasteiger partial charge in [0.2, 0.25) is 16.0 Å². The van der Waals surface area contributed by atoms with E-state index in [0.717, 1.165) is 4.90 Å². The average molecular weight is 576 g/mol. The van der Waals surface area contributed by atoms with E-state index in [2.05, 4.69) is 14.7 Å². The van der Waals surface area contributed by atoms with Crippen LogP contribution >= 0.6 is 35.0 Å². The predicted octanol–water partition coefficient (Wildman–Crippen LogP) is 4.06. The summed E-state index contributed by atoms with van der Waals surface area (Å²) in [5.41, 5.74) is 0.537. The van der Waals surface area contributed by atoms with E-state index in [-0.39, 0.29) is 20.8 Å². The lowest BCUT2D eigenvalue weighted by atomic mass is 10.4. The molecule has 0 bridgehead atoms. The van der Waals surface area contributed by atoms with Crippen LogP contribution in [0.15, 0.2) is 68.2 Å². The quantitative estimate of drug-likeness (QED) is 0.448. The van der Waals surface area contributed by atoms with Crippen molar-refractivity contribution in [2.45, 2.75) is 26.5 Å². The molecule has 2 heterocycles. The Morgan fingerprint density at radius 3 is 2.34 bits per heavy atom. The van der Waals surface area contributed by atoms with E-state index in [1.54, 1.807) is 31.2 Å². The molecule has 9 nitrogen and oxygen atoms in total. The second-order valence-corrected chi connectivity index (χ2v) is 13.0. The minimum Gasteiger partial charge on any atom is -0.379 e. The van der Waals surface area contributed by atoms with Gasteiger partial charge in [-0.3, -0.25) is 0 Å². The number of sulfonamides is 2. The van der Waals surface area contributed by atoms with Crippen molar-refractivity contribution in [1.82, 2.24) is 14.3 Å². The molecule has 1 saturated heterocycles. The topological polar surface area (TPSA) is 119 Å². The molecular formula is C21H20Cl2N4O5S3. The molecule has 3 aromatic rings. The number of hydrogen-bond acceptors (Lipinski definition) is 8. The first kappa shape index (κ1) is 26.1. The van der Waals surface area contributed by atoms with Gasteiger partial charge in [0.25, 0.3) is 10.0 Å². The molecule has 35 heavy (non-hydrogen) atoms. The molecule has 0 radical (unpaired) electrons. The summed E-state index contributed by atoms with van der Waals surface area (Å²) in [5.74, 6) is -0.107. The third-order valence-corrected chi connectivity index (χ3v) is 10.1. The maximum absolute atomic E-state index is 12.8. The zero-order valence-corrected chi connectivity index (χ0v) is 22.3. The fraction of sp³-hybridized carbons (Fsp3) is 0.238. The van der Waals surface area contributed by atoms with Crippen LogP contribution in [0.5, 0.6) is 0 Å². The van der Waals surface area contributed by atoms with E-state index in [9.17, 15) is 16.8 Å². The van der Waals surface area contributed by atoms with E-state index in [1.807, 2.05) is 0 Å². The number of aromatic nitrogens is 2. The van der Waals surface area contributed by atoms with Gasteiger partial charge in [-0.1, -0.05) is 35.0 Å². The van der Waals surface area contributed by atoms with E-state index in [1.165, 1.54) is 40.5 Å². The molecule has 1 aliphatic heterocycles. The van der Waals surface area contributed by atoms with E-state index >= 15 is 0 Å². The largest absolute Gasteiger partial charge is 0.379 e. The number of nitrogens with zero attached hydrogens (tertiary/aromatic N) is 3. The van der Waals surface area contributed by atoms with Gasteiger partial charge in [0.05, 0.1) is 33.7 Å². The molecular weight excluding hydrogens is 555 g/mol. The summed E-state index contributed by atoms with van der Waals surface area (Å²) in [5, 5.41) is 0.294. The van der Waals surface area contributed by atoms with Gasteiger partial charge in [0.1, 0.15) is 4.90 Å². The van der Waals surface area contributed by atoms with Gasteiger partial charge in [-0.2, -0.15) is 4.31 Å². The Labute approximate surface area is 217 Å². The lowest BCUT2D eigenvalue weighted by molar-refractivity contribution is 0.0730. The van der Waals surface area contributed by atoms with Crippen molar-refractivity contribution in [2.24, 2.45) is 0 Å². The molecule has 1 fully saturated rings. The number of halogens is 2. The Balaban J connectivity index is 1.47. The van der Waals surface area contributed by atoms with Crippen LogP contribution in [0.25, 0.3) is 0 Å². The van der Waals surface area contributed by atoms with Gasteiger partial charge in [-0.15, -0.1) is 0 Å². The lowest BCUT2D eigenvalue weighted by Crippen LogP contribution is -2.40. The molecule has 1 N–H and O–H groups in total. The first-order valence-electron chi connectivity index (χ1n) is 10.2. The number of hydrogen-bond donors (Lipinski definition) is 1. The van der Waals surface area contributed by atoms with Gasteiger partial charge >= 0.3 is 0 Å². The Morgan fingerprint density at radius 2 is 1.71 bits per heavy atom. The highest BCUT2D eigenvalue weighted by atomic mass is 35.5. The summed E-state index contributed by atoms with van der Waals surface area (Å²) in [6.45, 7) is 3.14. The van der Waals surface area contributed by atoms with Crippen molar-refractivity contribution in [1.29, 1.82) is 0 Å². The fourth-order valence-corrected chi connectivity index (χ4v) is 7.17. The molecule has 0 amide bonds. The molecule has 4 rings (SSSR count). The van der Waals surface area contributed by atoms with Crippen molar-refractivity contribution >= 4 is 61.0 Å². The first-order valence-corrected chi connectivity index (χ1v) is 14.7. The number of benzene rings is 2. The van der Waals surface area contributed by atoms with E-state index < -0.39 is 20.0 Å². The van der Waals surface area contributed by atoms with Gasteiger partial charge in [0.15, 0.2) is 0 Å². The third kappa shape index (κ3) is 6.08. The number of anilines is 1. The number of nitrogens with one attached hydrogen (secondary N) is 1. The highest BCUT2D eigenvalue weighted by molar-refractivity contribution is 7.99. The van der Waals surface area contributed by atoms with Gasteiger partial charge in [-0.05, 0) is 49.4 Å². The second kappa shape index (κ2) is 10.6. The van der Waals surface area contributed by atoms with Crippen LogP contribution in [0.3, 0.4) is 0 Å². The van der Waals surface area contributed by atoms with Crippen LogP contribution < -0.4 is 4.72 Å². The molecule has 186 valence electrons. The predicted molar refractivity (Wildman–Crippen MR) is 134 cm³/mol. The number of rotatable bonds is 7. The molecule has 0 aliphatic carbocycles. The van der Waals surface area contributed by atoms with Gasteiger partial charge in [0, 0.05) is 29.2 Å². The van der Waals surface area contributed by atoms with Gasteiger partial charge in [-0.25, -0.2) is 31.5 Å². The molecule has 1 aliphatic rings. The molecule has 0 saturated carbocycles. The Morgan fingerprint density at radius 1 is 1.03 bits per heavy atom. The SMILES string of the molecule is Cc1nc(NS(=O)(=O)c2ccc(Cl)cc2Cl)ncc1Sc1ccc(S(=O)(=O)N2CCOCC2)cc1. The molecule has 2 aromatic carbocycles. The Bertz CT molecular complexity index is 1450. The highest BCUT2D eigenvalue weighted by Gasteiger charge is 2.26. The first-order chi connectivity index (χ1) is 16.6. The standard InChI is InChI=1S/C21H20Cl2N4O5S3/c1-14-19(13-24-21(25-14)26-34(28,29)20-7-2-15(22)12-18(20)23)33-16-3-5-17(6-4-16)35(30,31)27-8-10-32-11-9-27/h2-7,12-13H,8-11H2,1H3,(H,24,25,26). The summed E-state index contributed by atoms with van der Waals surface area (Å²) in [4.78, 5) is 9.87. The molecule has 1 aromatic heterocycles. The summed E-state index contributed by atoms with van der Waals surface area (Å²) >= 11 is 13.2. The number of morpholine rings is 1. The summed E-state index contributed by atoms with van der Waals surface area (Å²) < 4.78 is 59.8. The zero-order valence-electron chi connectivity index (χ0n) is 18.3. The Kier molecular flexibility index (Phi) is 7.91. The minimum absolute atomic E-state index is 0.0204. The summed E-state index contributed by atoms with van der Waals surface area (Å²) in [6.07, 6.45) is 1.49. The smallest absolute Gasteiger partial charge is 0.265 e. The number of ether oxygens (including phenoxy) is 1. The lowest BCUT2D eigenvalue weighted by Gasteiger charge is -2.26. The maximum atomic E-state index is 12.8. The minimum atomic E-state index is -4.02. The van der Waals surface area contributed by atoms with Crippen molar-refractivity contribution < 1.29 is 21.6 Å². The molecule has 0 spiro atoms. The van der Waals surface area contributed by atoms with Crippen LogP contribution in [0.4, 0.5) is 5.95 Å². The zero-order chi connectivity index (χ0) is 25.2. The van der Waals surface area contributed by atoms with Crippen LogP contribution in [0.1, 0.15) is 5.69 Å². The van der Waals surface area contributed by atoms with Crippen LogP contribution in [-0.2, 0) is 24.8 Å². The van der Waals surface area contributed by atoms with Crippen LogP contribution in [0, 0.1) is 6.92 Å². The third-order valence-electron chi connectivity index (χ3n) is 5.00. The highest BCUT2D eigenvalue weighted by Crippen LogP contribution is 2.31. The average Bonchev–Trinajstić information content (AvgIpc) is 2.81. The van der Waals surface area contributed by atoms with Crippen LogP contribution in [-0.4, -0.2) is 57.4 Å². The summed E-state index contributed by atoms with van der Waals surface area (Å²) in [6, 6.07) is 10.6. The second-order valence-electron chi connectivity index (χ2n) is 7.41. The van der Waals surface area contributed by atoms with Crippen molar-refractivity contribution in [3.63, 3.8) is 0 Å². The normalized spacial score (nSPS) is 15.2. The maximum Gasteiger partial charge on any atom is 0.265 e. The van der Waals surface area contributed by atoms with Crippen molar-refractivity contribution in [2.75, 3.05) is 31.0 Å². The van der Waals surface area contributed by atoms with Crippen LogP contribution in [0.2, 0.25) is 10.0 Å². The van der Waals surface area contributed by atoms with E-state index in [0.29, 0.717) is 41.9 Å². The monoisotopic (exact) mass is 574 g/mol. The fourth-order valence-electron chi connectivity index (χ4n) is 3.22. The summed E-state index contributed by atoms with van der Waals surface area (Å²) in [7, 11) is -7.59. The molecule has 0 atom stereocenters. The van der Waals surface area contributed by atoms with Crippen molar-refractivity contribution in [3.8, 4) is 0 Å².